The van der Waals surface area contributed by atoms with E-state index in [9.17, 15) is 9.90 Å². The Bertz CT molecular complexity index is 571. The topological polar surface area (TPSA) is 77.2 Å². The minimum Gasteiger partial charge on any atom is -0.464 e. The van der Waals surface area contributed by atoms with Gasteiger partial charge in [0, 0.05) is 5.02 Å². The van der Waals surface area contributed by atoms with Crippen LogP contribution in [0.3, 0.4) is 0 Å². The van der Waals surface area contributed by atoms with Crippen molar-refractivity contribution in [2.75, 3.05) is 13.2 Å². The monoisotopic (exact) mass is 295 g/mol. The Morgan fingerprint density at radius 3 is 2.65 bits per heavy atom. The van der Waals surface area contributed by atoms with Gasteiger partial charge >= 0.3 is 5.97 Å². The molecule has 0 bridgehead atoms. The van der Waals surface area contributed by atoms with Crippen LogP contribution in [0.4, 0.5) is 0 Å². The Morgan fingerprint density at radius 2 is 2.15 bits per heavy atom. The lowest BCUT2D eigenvalue weighted by Crippen LogP contribution is -2.48. The van der Waals surface area contributed by atoms with Crippen molar-refractivity contribution in [3.8, 4) is 0 Å². The molecule has 2 aromatic rings. The number of aliphatic hydroxyl groups excluding tert-OH is 1. The van der Waals surface area contributed by atoms with Crippen molar-refractivity contribution in [2.24, 2.45) is 0 Å². The smallest absolute Gasteiger partial charge is 0.341 e. The number of halogens is 1. The van der Waals surface area contributed by atoms with E-state index in [1.54, 1.807) is 31.2 Å². The molecule has 1 heterocycles. The van der Waals surface area contributed by atoms with Crippen LogP contribution in [0.5, 0.6) is 0 Å². The van der Waals surface area contributed by atoms with E-state index >= 15 is 0 Å². The number of benzene rings is 1. The Kier molecular flexibility index (Phi) is 4.36. The summed E-state index contributed by atoms with van der Waals surface area (Å²) in [4.78, 5) is 16.2. The van der Waals surface area contributed by atoms with Gasteiger partial charge in [-0.2, -0.15) is 5.10 Å². The SMILES string of the molecule is CCOC(=O)C(CO)(c1ccc(Cl)cc1)n1cncn1. The second-order valence-corrected chi connectivity index (χ2v) is 4.52. The quantitative estimate of drug-likeness (QED) is 0.840. The summed E-state index contributed by atoms with van der Waals surface area (Å²) in [7, 11) is 0. The van der Waals surface area contributed by atoms with Crippen molar-refractivity contribution in [3.05, 3.63) is 47.5 Å². The lowest BCUT2D eigenvalue weighted by Gasteiger charge is -2.29. The van der Waals surface area contributed by atoms with Gasteiger partial charge in [-0.05, 0) is 24.6 Å². The first-order valence-corrected chi connectivity index (χ1v) is 6.42. The van der Waals surface area contributed by atoms with E-state index in [0.717, 1.165) is 0 Å². The molecule has 0 saturated heterocycles. The average Bonchev–Trinajstić information content (AvgIpc) is 2.97. The average molecular weight is 296 g/mol. The second kappa shape index (κ2) is 6.02. The molecule has 0 spiro atoms. The van der Waals surface area contributed by atoms with Crippen LogP contribution in [0.15, 0.2) is 36.9 Å². The van der Waals surface area contributed by atoms with Crippen molar-refractivity contribution in [1.29, 1.82) is 0 Å². The van der Waals surface area contributed by atoms with Crippen molar-refractivity contribution >= 4 is 17.6 Å². The van der Waals surface area contributed by atoms with Crippen LogP contribution >= 0.6 is 11.6 Å². The first-order valence-electron chi connectivity index (χ1n) is 6.04. The summed E-state index contributed by atoms with van der Waals surface area (Å²) in [5.41, 5.74) is -0.940. The van der Waals surface area contributed by atoms with Crippen molar-refractivity contribution in [3.63, 3.8) is 0 Å². The summed E-state index contributed by atoms with van der Waals surface area (Å²) < 4.78 is 6.37. The lowest BCUT2D eigenvalue weighted by atomic mass is 9.91. The molecule has 0 amide bonds. The van der Waals surface area contributed by atoms with Crippen LogP contribution in [0.1, 0.15) is 12.5 Å². The fourth-order valence-corrected chi connectivity index (χ4v) is 2.08. The van der Waals surface area contributed by atoms with Gasteiger partial charge in [0.15, 0.2) is 0 Å². The number of hydrogen-bond acceptors (Lipinski definition) is 5. The molecule has 1 atom stereocenters. The van der Waals surface area contributed by atoms with E-state index in [2.05, 4.69) is 10.1 Å². The molecule has 0 radical (unpaired) electrons. The highest BCUT2D eigenvalue weighted by molar-refractivity contribution is 6.30. The maximum absolute atomic E-state index is 12.4. The van der Waals surface area contributed by atoms with E-state index in [0.29, 0.717) is 10.6 Å². The molecule has 1 aromatic carbocycles. The van der Waals surface area contributed by atoms with Gasteiger partial charge in [-0.3, -0.25) is 0 Å². The number of aliphatic hydroxyl groups is 1. The van der Waals surface area contributed by atoms with Crippen LogP contribution in [-0.2, 0) is 15.1 Å². The molecular formula is C13H14ClN3O3. The zero-order valence-corrected chi connectivity index (χ0v) is 11.6. The third kappa shape index (κ3) is 2.39. The molecule has 1 N–H and O–H groups in total. The van der Waals surface area contributed by atoms with E-state index in [1.165, 1.54) is 17.3 Å². The van der Waals surface area contributed by atoms with Gasteiger partial charge in [0.2, 0.25) is 5.54 Å². The van der Waals surface area contributed by atoms with Crippen LogP contribution in [0, 0.1) is 0 Å². The number of ether oxygens (including phenoxy) is 1. The van der Waals surface area contributed by atoms with Crippen LogP contribution in [-0.4, -0.2) is 39.1 Å². The van der Waals surface area contributed by atoms with Gasteiger partial charge < -0.3 is 9.84 Å². The van der Waals surface area contributed by atoms with E-state index in [-0.39, 0.29) is 6.61 Å². The van der Waals surface area contributed by atoms with Crippen molar-refractivity contribution in [1.82, 2.24) is 14.8 Å². The number of carbonyl (C=O) groups excluding carboxylic acids is 1. The zero-order valence-electron chi connectivity index (χ0n) is 10.9. The van der Waals surface area contributed by atoms with Gasteiger partial charge in [0.25, 0.3) is 0 Å². The van der Waals surface area contributed by atoms with Gasteiger partial charge in [-0.1, -0.05) is 23.7 Å². The van der Waals surface area contributed by atoms with E-state index in [1.807, 2.05) is 0 Å². The van der Waals surface area contributed by atoms with Gasteiger partial charge in [0.05, 0.1) is 13.2 Å². The van der Waals surface area contributed by atoms with E-state index in [4.69, 9.17) is 16.3 Å². The second-order valence-electron chi connectivity index (χ2n) is 4.09. The summed E-state index contributed by atoms with van der Waals surface area (Å²) in [6.07, 6.45) is 2.65. The van der Waals surface area contributed by atoms with Crippen LogP contribution in [0.2, 0.25) is 5.02 Å². The molecule has 106 valence electrons. The summed E-state index contributed by atoms with van der Waals surface area (Å²) in [5.74, 6) is -0.602. The first-order chi connectivity index (χ1) is 9.65. The maximum atomic E-state index is 12.4. The predicted octanol–water partition coefficient (Wildman–Crippen LogP) is 1.23. The number of esters is 1. The lowest BCUT2D eigenvalue weighted by molar-refractivity contribution is -0.154. The highest BCUT2D eigenvalue weighted by Crippen LogP contribution is 2.28. The molecule has 6 nitrogen and oxygen atoms in total. The molecule has 0 saturated carbocycles. The van der Waals surface area contributed by atoms with Gasteiger partial charge in [0.1, 0.15) is 12.7 Å². The van der Waals surface area contributed by atoms with Gasteiger partial charge in [-0.25, -0.2) is 14.5 Å². The number of nitrogens with zero attached hydrogens (tertiary/aromatic N) is 3. The summed E-state index contributed by atoms with van der Waals surface area (Å²) in [6, 6.07) is 6.57. The molecule has 0 aliphatic carbocycles. The molecule has 1 aromatic heterocycles. The zero-order chi connectivity index (χ0) is 14.6. The fraction of sp³-hybridized carbons (Fsp3) is 0.308. The number of carbonyl (C=O) groups is 1. The molecule has 20 heavy (non-hydrogen) atoms. The normalized spacial score (nSPS) is 13.8. The molecule has 7 heteroatoms. The number of rotatable bonds is 5. The van der Waals surface area contributed by atoms with Crippen molar-refractivity contribution < 1.29 is 14.6 Å². The Morgan fingerprint density at radius 1 is 1.45 bits per heavy atom. The summed E-state index contributed by atoms with van der Waals surface area (Å²) >= 11 is 5.86. The Hall–Kier alpha value is -1.92. The van der Waals surface area contributed by atoms with Gasteiger partial charge in [-0.15, -0.1) is 0 Å². The molecule has 0 fully saturated rings. The first kappa shape index (κ1) is 14.5. The fourth-order valence-electron chi connectivity index (χ4n) is 1.95. The molecule has 1 unspecified atom stereocenters. The highest BCUT2D eigenvalue weighted by Gasteiger charge is 2.44. The highest BCUT2D eigenvalue weighted by atomic mass is 35.5. The third-order valence-electron chi connectivity index (χ3n) is 2.97. The Balaban J connectivity index is 2.58. The number of aromatic nitrogens is 3. The molecule has 0 aliphatic heterocycles. The van der Waals surface area contributed by atoms with E-state index < -0.39 is 18.1 Å². The third-order valence-corrected chi connectivity index (χ3v) is 3.23. The molecule has 0 aliphatic rings. The minimum atomic E-state index is -1.46. The maximum Gasteiger partial charge on any atom is 0.341 e. The van der Waals surface area contributed by atoms with Crippen molar-refractivity contribution in [2.45, 2.75) is 12.5 Å². The predicted molar refractivity (Wildman–Crippen MR) is 72.3 cm³/mol. The minimum absolute atomic E-state index is 0.197. The number of hydrogen-bond donors (Lipinski definition) is 1. The summed E-state index contributed by atoms with van der Waals surface area (Å²) in [6.45, 7) is 1.39. The molecular weight excluding hydrogens is 282 g/mol. The summed E-state index contributed by atoms with van der Waals surface area (Å²) in [5, 5.41) is 14.3. The largest absolute Gasteiger partial charge is 0.464 e. The standard InChI is InChI=1S/C13H14ClN3O3/c1-2-20-12(19)13(7-18,17-9-15-8-16-17)10-3-5-11(14)6-4-10/h3-6,8-9,18H,2,7H2,1H3. The molecule has 2 rings (SSSR count). The van der Waals surface area contributed by atoms with Crippen LogP contribution in [0.25, 0.3) is 0 Å². The van der Waals surface area contributed by atoms with Crippen LogP contribution < -0.4 is 0 Å². The Labute approximate surface area is 121 Å².